The number of hydrogen-bond donors (Lipinski definition) is 2. The molecule has 0 atom stereocenters. The number of halogens is 3. The van der Waals surface area contributed by atoms with E-state index >= 15 is 0 Å². The Balaban J connectivity index is 1.59. The van der Waals surface area contributed by atoms with Gasteiger partial charge in [-0.25, -0.2) is 0 Å². The molecule has 0 radical (unpaired) electrons. The van der Waals surface area contributed by atoms with Crippen molar-refractivity contribution in [2.24, 2.45) is 0 Å². The summed E-state index contributed by atoms with van der Waals surface area (Å²) in [7, 11) is 0. The number of likely N-dealkylation sites (tertiary alicyclic amines) is 1. The fourth-order valence-electron chi connectivity index (χ4n) is 3.80. The van der Waals surface area contributed by atoms with Crippen molar-refractivity contribution in [1.82, 2.24) is 4.90 Å². The van der Waals surface area contributed by atoms with Crippen LogP contribution in [0.2, 0.25) is 0 Å². The Kier molecular flexibility index (Phi) is 8.26. The van der Waals surface area contributed by atoms with Crippen molar-refractivity contribution in [3.05, 3.63) is 63.7 Å². The third-order valence-electron chi connectivity index (χ3n) is 5.59. The van der Waals surface area contributed by atoms with Crippen molar-refractivity contribution < 1.29 is 22.9 Å². The van der Waals surface area contributed by atoms with Crippen molar-refractivity contribution >= 4 is 23.0 Å². The number of anilines is 2. The van der Waals surface area contributed by atoms with Crippen molar-refractivity contribution in [3.8, 4) is 0 Å². The summed E-state index contributed by atoms with van der Waals surface area (Å²) in [5.41, 5.74) is -0.544. The fourth-order valence-corrected chi connectivity index (χ4v) is 3.80. The number of carbonyl (C=O) groups excluding carboxylic acids is 1. The molecule has 2 aromatic rings. The summed E-state index contributed by atoms with van der Waals surface area (Å²) < 4.78 is 38.0. The lowest BCUT2D eigenvalue weighted by atomic mass is 10.1. The second-order valence-electron chi connectivity index (χ2n) is 8.05. The minimum absolute atomic E-state index is 0.0386. The molecule has 10 heteroatoms. The normalized spacial score (nSPS) is 15.0. The molecule has 2 N–H and O–H groups in total. The summed E-state index contributed by atoms with van der Waals surface area (Å²) in [6.45, 7) is 3.66. The van der Waals surface area contributed by atoms with Crippen LogP contribution in [-0.2, 0) is 6.18 Å². The molecule has 1 heterocycles. The zero-order chi connectivity index (χ0) is 23.8. The first kappa shape index (κ1) is 24.5. The van der Waals surface area contributed by atoms with Gasteiger partial charge in [0.25, 0.3) is 11.6 Å². The number of carbonyl (C=O) groups is 1. The number of nitro groups is 1. The van der Waals surface area contributed by atoms with Gasteiger partial charge in [-0.05, 0) is 75.3 Å². The lowest BCUT2D eigenvalue weighted by molar-refractivity contribution is -0.384. The fraction of sp³-hybridized carbons (Fsp3) is 0.435. The number of nitrogens with zero attached hydrogens (tertiary/aromatic N) is 2. The molecule has 0 bridgehead atoms. The lowest BCUT2D eigenvalue weighted by Crippen LogP contribution is -2.27. The maximum atomic E-state index is 12.7. The molecule has 3 rings (SSSR count). The summed E-state index contributed by atoms with van der Waals surface area (Å²) in [5, 5.41) is 17.1. The molecule has 0 saturated carbocycles. The largest absolute Gasteiger partial charge is 0.416 e. The number of hydrogen-bond acceptors (Lipinski definition) is 5. The highest BCUT2D eigenvalue weighted by Crippen LogP contribution is 2.30. The Labute approximate surface area is 190 Å². The van der Waals surface area contributed by atoms with Crippen LogP contribution in [0.15, 0.2) is 42.5 Å². The topological polar surface area (TPSA) is 87.5 Å². The van der Waals surface area contributed by atoms with Gasteiger partial charge < -0.3 is 15.5 Å². The maximum absolute atomic E-state index is 12.7. The number of nitro benzene ring substituents is 1. The second-order valence-corrected chi connectivity index (χ2v) is 8.05. The van der Waals surface area contributed by atoms with E-state index in [0.29, 0.717) is 12.2 Å². The molecule has 1 amide bonds. The van der Waals surface area contributed by atoms with Crippen LogP contribution in [-0.4, -0.2) is 41.9 Å². The number of alkyl halides is 3. The second kappa shape index (κ2) is 11.1. The predicted molar refractivity (Wildman–Crippen MR) is 121 cm³/mol. The van der Waals surface area contributed by atoms with Crippen LogP contribution in [0, 0.1) is 10.1 Å². The Hall–Kier alpha value is -3.14. The van der Waals surface area contributed by atoms with E-state index in [4.69, 9.17) is 0 Å². The zero-order valence-corrected chi connectivity index (χ0v) is 18.2. The van der Waals surface area contributed by atoms with Crippen LogP contribution < -0.4 is 10.6 Å². The van der Waals surface area contributed by atoms with Gasteiger partial charge in [0.1, 0.15) is 5.69 Å². The molecular formula is C23H27F3N4O3. The number of benzene rings is 2. The van der Waals surface area contributed by atoms with E-state index in [1.807, 2.05) is 0 Å². The minimum atomic E-state index is -4.47. The van der Waals surface area contributed by atoms with E-state index in [1.54, 1.807) is 0 Å². The summed E-state index contributed by atoms with van der Waals surface area (Å²) in [6, 6.07) is 8.07. The average molecular weight is 464 g/mol. The molecule has 0 spiro atoms. The van der Waals surface area contributed by atoms with E-state index in [-0.39, 0.29) is 16.9 Å². The maximum Gasteiger partial charge on any atom is 0.416 e. The quantitative estimate of drug-likeness (QED) is 0.304. The summed E-state index contributed by atoms with van der Waals surface area (Å²) >= 11 is 0. The molecule has 1 saturated heterocycles. The van der Waals surface area contributed by atoms with Crippen molar-refractivity contribution in [1.29, 1.82) is 0 Å². The van der Waals surface area contributed by atoms with E-state index in [9.17, 15) is 28.1 Å². The van der Waals surface area contributed by atoms with Crippen molar-refractivity contribution in [2.45, 2.75) is 38.3 Å². The van der Waals surface area contributed by atoms with Gasteiger partial charge in [0, 0.05) is 23.9 Å². The van der Waals surface area contributed by atoms with Crippen LogP contribution in [0.25, 0.3) is 0 Å². The molecule has 1 aliphatic rings. The smallest absolute Gasteiger partial charge is 0.379 e. The molecule has 0 unspecified atom stereocenters. The number of nitrogens with one attached hydrogen (secondary N) is 2. The van der Waals surface area contributed by atoms with Gasteiger partial charge in [-0.2, -0.15) is 13.2 Å². The molecule has 1 fully saturated rings. The van der Waals surface area contributed by atoms with E-state index in [2.05, 4.69) is 15.5 Å². The summed E-state index contributed by atoms with van der Waals surface area (Å²) in [6.07, 6.45) is 1.30. The highest BCUT2D eigenvalue weighted by atomic mass is 19.4. The molecule has 7 nitrogen and oxygen atoms in total. The highest BCUT2D eigenvalue weighted by Gasteiger charge is 2.30. The van der Waals surface area contributed by atoms with E-state index < -0.39 is 22.6 Å². The van der Waals surface area contributed by atoms with Crippen LogP contribution in [0.4, 0.5) is 30.2 Å². The minimum Gasteiger partial charge on any atom is -0.379 e. The summed E-state index contributed by atoms with van der Waals surface area (Å²) in [5.74, 6) is -0.648. The Bertz CT molecular complexity index is 956. The number of amides is 1. The van der Waals surface area contributed by atoms with Gasteiger partial charge in [-0.3, -0.25) is 14.9 Å². The van der Waals surface area contributed by atoms with Gasteiger partial charge in [0.15, 0.2) is 0 Å². The molecule has 178 valence electrons. The standard InChI is InChI=1S/C23H27F3N4O3/c24-23(25,26)18-7-9-19(10-8-18)28-22(31)17-6-11-20(21(16-17)30(32)33)27-12-5-15-29-13-3-1-2-4-14-29/h6-11,16,27H,1-5,12-15H2,(H,28,31). The molecule has 0 aliphatic carbocycles. The third kappa shape index (κ3) is 7.18. The molecular weight excluding hydrogens is 437 g/mol. The zero-order valence-electron chi connectivity index (χ0n) is 18.2. The van der Waals surface area contributed by atoms with Gasteiger partial charge in [0.2, 0.25) is 0 Å². The van der Waals surface area contributed by atoms with Gasteiger partial charge in [0.05, 0.1) is 10.5 Å². The lowest BCUT2D eigenvalue weighted by Gasteiger charge is -2.19. The number of rotatable bonds is 8. The van der Waals surface area contributed by atoms with Gasteiger partial charge in [-0.1, -0.05) is 12.8 Å². The molecule has 2 aromatic carbocycles. The first-order chi connectivity index (χ1) is 15.7. The SMILES string of the molecule is O=C(Nc1ccc(C(F)(F)F)cc1)c1ccc(NCCCN2CCCCCC2)c([N+](=O)[O-])c1. The van der Waals surface area contributed by atoms with Crippen molar-refractivity contribution in [2.75, 3.05) is 36.8 Å². The molecule has 0 aromatic heterocycles. The highest BCUT2D eigenvalue weighted by molar-refractivity contribution is 6.05. The first-order valence-electron chi connectivity index (χ1n) is 11.0. The third-order valence-corrected chi connectivity index (χ3v) is 5.59. The van der Waals surface area contributed by atoms with Crippen LogP contribution >= 0.6 is 0 Å². The molecule has 1 aliphatic heterocycles. The van der Waals surface area contributed by atoms with E-state index in [1.165, 1.54) is 37.8 Å². The Morgan fingerprint density at radius 2 is 1.70 bits per heavy atom. The van der Waals surface area contributed by atoms with Gasteiger partial charge >= 0.3 is 6.18 Å². The Morgan fingerprint density at radius 3 is 2.30 bits per heavy atom. The average Bonchev–Trinajstić information content (AvgIpc) is 3.05. The monoisotopic (exact) mass is 464 g/mol. The van der Waals surface area contributed by atoms with Crippen molar-refractivity contribution in [3.63, 3.8) is 0 Å². The molecule has 33 heavy (non-hydrogen) atoms. The van der Waals surface area contributed by atoms with Gasteiger partial charge in [-0.15, -0.1) is 0 Å². The first-order valence-corrected chi connectivity index (χ1v) is 11.0. The van der Waals surface area contributed by atoms with Crippen LogP contribution in [0.1, 0.15) is 48.0 Å². The summed E-state index contributed by atoms with van der Waals surface area (Å²) in [4.78, 5) is 25.8. The van der Waals surface area contributed by atoms with Crippen LogP contribution in [0.5, 0.6) is 0 Å². The predicted octanol–water partition coefficient (Wildman–Crippen LogP) is 5.54. The van der Waals surface area contributed by atoms with E-state index in [0.717, 1.165) is 56.4 Å². The Morgan fingerprint density at radius 1 is 1.03 bits per heavy atom. The van der Waals surface area contributed by atoms with Crippen LogP contribution in [0.3, 0.4) is 0 Å².